The molecule has 1 aromatic heterocycles. The van der Waals surface area contributed by atoms with E-state index >= 15 is 0 Å². The van der Waals surface area contributed by atoms with Crippen LogP contribution in [0.15, 0.2) is 29.4 Å². The van der Waals surface area contributed by atoms with Crippen LogP contribution in [0.25, 0.3) is 0 Å². The summed E-state index contributed by atoms with van der Waals surface area (Å²) in [4.78, 5) is 17.5. The van der Waals surface area contributed by atoms with Gasteiger partial charge in [0.15, 0.2) is 0 Å². The van der Waals surface area contributed by atoms with Crippen molar-refractivity contribution in [3.05, 3.63) is 35.4 Å². The summed E-state index contributed by atoms with van der Waals surface area (Å²) in [6, 6.07) is 4.72. The molecule has 12 heteroatoms. The number of benzene rings is 1. The van der Waals surface area contributed by atoms with Gasteiger partial charge in [0, 0.05) is 26.2 Å². The van der Waals surface area contributed by atoms with E-state index < -0.39 is 11.7 Å². The summed E-state index contributed by atoms with van der Waals surface area (Å²) in [7, 11) is 0. The number of hydrazone groups is 1. The van der Waals surface area contributed by atoms with E-state index in [-0.39, 0.29) is 5.95 Å². The van der Waals surface area contributed by atoms with Crippen LogP contribution in [0.4, 0.5) is 31.0 Å². The van der Waals surface area contributed by atoms with E-state index in [2.05, 4.69) is 25.5 Å². The van der Waals surface area contributed by atoms with Gasteiger partial charge in [-0.25, -0.2) is 5.43 Å². The highest BCUT2D eigenvalue weighted by Crippen LogP contribution is 2.28. The Morgan fingerprint density at radius 3 is 1.84 bits per heavy atom. The van der Waals surface area contributed by atoms with Gasteiger partial charge in [-0.3, -0.25) is 0 Å². The van der Waals surface area contributed by atoms with Gasteiger partial charge in [0.05, 0.1) is 38.2 Å². The first kappa shape index (κ1) is 21.2. The lowest BCUT2D eigenvalue weighted by molar-refractivity contribution is -0.137. The summed E-state index contributed by atoms with van der Waals surface area (Å²) in [5.74, 6) is 1.29. The maximum absolute atomic E-state index is 12.7. The molecule has 1 N–H and O–H groups in total. The molecule has 0 aliphatic carbocycles. The fourth-order valence-corrected chi connectivity index (χ4v) is 3.14. The molecule has 4 rings (SSSR count). The van der Waals surface area contributed by atoms with Crippen molar-refractivity contribution in [2.45, 2.75) is 6.18 Å². The van der Waals surface area contributed by atoms with Gasteiger partial charge >= 0.3 is 6.18 Å². The van der Waals surface area contributed by atoms with Gasteiger partial charge in [-0.2, -0.15) is 33.2 Å². The van der Waals surface area contributed by atoms with Gasteiger partial charge < -0.3 is 19.3 Å². The number of nitrogens with one attached hydrogen (secondary N) is 1. The third-order valence-corrected chi connectivity index (χ3v) is 4.82. The second kappa shape index (κ2) is 9.43. The minimum Gasteiger partial charge on any atom is -0.378 e. The van der Waals surface area contributed by atoms with Crippen molar-refractivity contribution in [2.75, 3.05) is 67.8 Å². The Morgan fingerprint density at radius 1 is 0.839 bits per heavy atom. The van der Waals surface area contributed by atoms with Crippen molar-refractivity contribution in [1.82, 2.24) is 15.0 Å². The molecule has 0 unspecified atom stereocenters. The van der Waals surface area contributed by atoms with Gasteiger partial charge in [-0.05, 0) is 17.7 Å². The van der Waals surface area contributed by atoms with Crippen molar-refractivity contribution >= 4 is 24.1 Å². The normalized spacial score (nSPS) is 17.9. The molecule has 0 amide bonds. The number of ether oxygens (including phenoxy) is 2. The largest absolute Gasteiger partial charge is 0.416 e. The molecule has 2 saturated heterocycles. The van der Waals surface area contributed by atoms with Gasteiger partial charge in [-0.15, -0.1) is 0 Å². The predicted molar refractivity (Wildman–Crippen MR) is 109 cm³/mol. The van der Waals surface area contributed by atoms with E-state index in [4.69, 9.17) is 9.47 Å². The van der Waals surface area contributed by atoms with Crippen LogP contribution in [0, 0.1) is 0 Å². The molecule has 2 aromatic rings. The average Bonchev–Trinajstić information content (AvgIpc) is 2.80. The van der Waals surface area contributed by atoms with Crippen molar-refractivity contribution in [3.8, 4) is 0 Å². The Kier molecular flexibility index (Phi) is 6.47. The number of anilines is 3. The molecule has 0 spiro atoms. The number of halogens is 3. The van der Waals surface area contributed by atoms with Crippen molar-refractivity contribution in [3.63, 3.8) is 0 Å². The maximum Gasteiger partial charge on any atom is 0.416 e. The molecular formula is C19H22F3N7O2. The van der Waals surface area contributed by atoms with Gasteiger partial charge in [0.25, 0.3) is 0 Å². The van der Waals surface area contributed by atoms with Gasteiger partial charge in [0.2, 0.25) is 17.8 Å². The summed E-state index contributed by atoms with van der Waals surface area (Å²) < 4.78 is 48.8. The molecule has 9 nitrogen and oxygen atoms in total. The SMILES string of the molecule is FC(F)(F)c1ccc(/C=N\Nc2nc(N3CCOCC3)nc(N3CCOCC3)n2)cc1. The third-order valence-electron chi connectivity index (χ3n) is 4.82. The molecule has 0 radical (unpaired) electrons. The highest BCUT2D eigenvalue weighted by Gasteiger charge is 2.29. The molecule has 3 heterocycles. The Morgan fingerprint density at radius 2 is 1.35 bits per heavy atom. The lowest BCUT2D eigenvalue weighted by Gasteiger charge is -2.30. The molecule has 0 atom stereocenters. The molecular weight excluding hydrogens is 415 g/mol. The average molecular weight is 437 g/mol. The second-order valence-electron chi connectivity index (χ2n) is 6.95. The second-order valence-corrected chi connectivity index (χ2v) is 6.95. The van der Waals surface area contributed by atoms with E-state index in [1.54, 1.807) is 0 Å². The minimum absolute atomic E-state index is 0.251. The Bertz CT molecular complexity index is 860. The molecule has 2 aliphatic rings. The predicted octanol–water partition coefficient (Wildman–Crippen LogP) is 2.01. The first-order valence-electron chi connectivity index (χ1n) is 9.87. The molecule has 2 fully saturated rings. The number of morpholine rings is 2. The van der Waals surface area contributed by atoms with Crippen LogP contribution in [-0.2, 0) is 15.7 Å². The topological polar surface area (TPSA) is 88.0 Å². The third kappa shape index (κ3) is 5.58. The van der Waals surface area contributed by atoms with Crippen LogP contribution in [0.1, 0.15) is 11.1 Å². The number of rotatable bonds is 5. The van der Waals surface area contributed by atoms with E-state index in [1.807, 2.05) is 9.80 Å². The van der Waals surface area contributed by atoms with Gasteiger partial charge in [0.1, 0.15) is 0 Å². The number of hydrogen-bond acceptors (Lipinski definition) is 9. The molecule has 31 heavy (non-hydrogen) atoms. The smallest absolute Gasteiger partial charge is 0.378 e. The van der Waals surface area contributed by atoms with E-state index in [1.165, 1.54) is 18.3 Å². The number of hydrogen-bond donors (Lipinski definition) is 1. The lowest BCUT2D eigenvalue weighted by Crippen LogP contribution is -2.40. The highest BCUT2D eigenvalue weighted by molar-refractivity contribution is 5.80. The summed E-state index contributed by atoms with van der Waals surface area (Å²) in [6.07, 6.45) is -2.96. The first-order valence-corrected chi connectivity index (χ1v) is 9.87. The summed E-state index contributed by atoms with van der Waals surface area (Å²) in [5, 5.41) is 4.08. The number of aromatic nitrogens is 3. The fourth-order valence-electron chi connectivity index (χ4n) is 3.14. The van der Waals surface area contributed by atoms with Crippen molar-refractivity contribution in [1.29, 1.82) is 0 Å². The monoisotopic (exact) mass is 437 g/mol. The van der Waals surface area contributed by atoms with E-state index in [0.29, 0.717) is 70.1 Å². The Hall–Kier alpha value is -2.99. The van der Waals surface area contributed by atoms with E-state index in [0.717, 1.165) is 12.1 Å². The number of alkyl halides is 3. The van der Waals surface area contributed by atoms with Crippen LogP contribution in [0.5, 0.6) is 0 Å². The standard InChI is InChI=1S/C19H22F3N7O2/c20-19(21,22)15-3-1-14(2-4-15)13-23-27-16-24-17(28-5-9-30-10-6-28)26-18(25-16)29-7-11-31-12-8-29/h1-4,13H,5-12H2,(H,24,25,26,27)/b23-13-. The highest BCUT2D eigenvalue weighted by atomic mass is 19.4. The van der Waals surface area contributed by atoms with Crippen LogP contribution < -0.4 is 15.2 Å². The fraction of sp³-hybridized carbons (Fsp3) is 0.474. The molecule has 1 aromatic carbocycles. The summed E-state index contributed by atoms with van der Waals surface area (Å²) in [5.41, 5.74) is 2.57. The lowest BCUT2D eigenvalue weighted by atomic mass is 10.1. The maximum atomic E-state index is 12.7. The van der Waals surface area contributed by atoms with Crippen molar-refractivity contribution < 1.29 is 22.6 Å². The van der Waals surface area contributed by atoms with Crippen molar-refractivity contribution in [2.24, 2.45) is 5.10 Å². The Labute approximate surface area is 176 Å². The molecule has 0 saturated carbocycles. The molecule has 166 valence electrons. The summed E-state index contributed by atoms with van der Waals surface area (Å²) >= 11 is 0. The quantitative estimate of drug-likeness (QED) is 0.562. The Balaban J connectivity index is 1.51. The zero-order chi connectivity index (χ0) is 21.7. The van der Waals surface area contributed by atoms with Crippen LogP contribution in [0.2, 0.25) is 0 Å². The number of nitrogens with zero attached hydrogens (tertiary/aromatic N) is 6. The molecule has 2 aliphatic heterocycles. The zero-order valence-electron chi connectivity index (χ0n) is 16.7. The van der Waals surface area contributed by atoms with Crippen LogP contribution in [-0.4, -0.2) is 73.8 Å². The summed E-state index contributed by atoms with van der Waals surface area (Å²) in [6.45, 7) is 5.03. The van der Waals surface area contributed by atoms with Crippen LogP contribution >= 0.6 is 0 Å². The molecule has 0 bridgehead atoms. The van der Waals surface area contributed by atoms with Gasteiger partial charge in [-0.1, -0.05) is 12.1 Å². The van der Waals surface area contributed by atoms with E-state index in [9.17, 15) is 13.2 Å². The first-order chi connectivity index (χ1) is 15.0. The minimum atomic E-state index is -4.37. The van der Waals surface area contributed by atoms with Crippen LogP contribution in [0.3, 0.4) is 0 Å². The zero-order valence-corrected chi connectivity index (χ0v) is 16.7.